The third-order valence-corrected chi connectivity index (χ3v) is 5.51. The summed E-state index contributed by atoms with van der Waals surface area (Å²) in [6.07, 6.45) is -0.600. The van der Waals surface area contributed by atoms with Crippen LogP contribution in [-0.2, 0) is 19.1 Å². The van der Waals surface area contributed by atoms with Crippen molar-refractivity contribution in [2.75, 3.05) is 14.2 Å². The van der Waals surface area contributed by atoms with E-state index in [4.69, 9.17) is 18.9 Å². The molecule has 6 heteroatoms. The van der Waals surface area contributed by atoms with E-state index >= 15 is 0 Å². The van der Waals surface area contributed by atoms with Crippen LogP contribution < -0.4 is 9.47 Å². The summed E-state index contributed by atoms with van der Waals surface area (Å²) in [6.45, 7) is 12.9. The van der Waals surface area contributed by atoms with Crippen molar-refractivity contribution in [2.24, 2.45) is 5.92 Å². The maximum Gasteiger partial charge on any atom is 0.309 e. The van der Waals surface area contributed by atoms with Crippen LogP contribution in [0, 0.1) is 19.8 Å². The molecule has 2 aromatic rings. The molecule has 0 aliphatic heterocycles. The molecular formula is C28H38O6. The van der Waals surface area contributed by atoms with Crippen LogP contribution in [0.5, 0.6) is 11.5 Å². The molecule has 0 bridgehead atoms. The molecule has 2 rings (SSSR count). The molecule has 0 saturated heterocycles. The van der Waals surface area contributed by atoms with Crippen molar-refractivity contribution in [1.82, 2.24) is 0 Å². The second-order valence-corrected chi connectivity index (χ2v) is 9.80. The Bertz CT molecular complexity index is 951. The van der Waals surface area contributed by atoms with Gasteiger partial charge in [0.25, 0.3) is 0 Å². The highest BCUT2D eigenvalue weighted by Crippen LogP contribution is 2.40. The number of carbonyl (C=O) groups excluding carboxylic acids is 2. The average Bonchev–Trinajstić information content (AvgIpc) is 2.74. The number of hydrogen-bond donors (Lipinski definition) is 0. The van der Waals surface area contributed by atoms with Gasteiger partial charge in [0.15, 0.2) is 0 Å². The van der Waals surface area contributed by atoms with Crippen LogP contribution in [0.2, 0.25) is 0 Å². The Morgan fingerprint density at radius 3 is 1.74 bits per heavy atom. The zero-order valence-electron chi connectivity index (χ0n) is 21.9. The Morgan fingerprint density at radius 2 is 1.32 bits per heavy atom. The second-order valence-electron chi connectivity index (χ2n) is 9.80. The number of benzene rings is 2. The van der Waals surface area contributed by atoms with Crippen molar-refractivity contribution in [3.8, 4) is 11.5 Å². The van der Waals surface area contributed by atoms with Gasteiger partial charge in [0.1, 0.15) is 23.2 Å². The van der Waals surface area contributed by atoms with Gasteiger partial charge in [-0.15, -0.1) is 0 Å². The smallest absolute Gasteiger partial charge is 0.309 e. The van der Waals surface area contributed by atoms with E-state index in [1.807, 2.05) is 57.2 Å². The fourth-order valence-electron chi connectivity index (χ4n) is 3.91. The average molecular weight is 471 g/mol. The van der Waals surface area contributed by atoms with Gasteiger partial charge in [-0.25, -0.2) is 0 Å². The lowest BCUT2D eigenvalue weighted by atomic mass is 9.85. The number of aryl methyl sites for hydroxylation is 2. The molecular weight excluding hydrogens is 432 g/mol. The van der Waals surface area contributed by atoms with Gasteiger partial charge in [0, 0.05) is 11.1 Å². The normalized spacial score (nSPS) is 13.2. The Kier molecular flexibility index (Phi) is 9.14. The molecule has 0 radical (unpaired) electrons. The highest BCUT2D eigenvalue weighted by Gasteiger charge is 2.32. The molecule has 2 atom stereocenters. The summed E-state index contributed by atoms with van der Waals surface area (Å²) in [5, 5.41) is 0. The van der Waals surface area contributed by atoms with E-state index in [0.717, 1.165) is 22.3 Å². The summed E-state index contributed by atoms with van der Waals surface area (Å²) in [6, 6.07) is 11.9. The highest BCUT2D eigenvalue weighted by molar-refractivity contribution is 5.80. The lowest BCUT2D eigenvalue weighted by Crippen LogP contribution is -2.30. The van der Waals surface area contributed by atoms with Crippen LogP contribution in [0.1, 0.15) is 69.2 Å². The van der Waals surface area contributed by atoms with Gasteiger partial charge in [-0.2, -0.15) is 0 Å². The van der Waals surface area contributed by atoms with Crippen LogP contribution in [-0.4, -0.2) is 37.9 Å². The van der Waals surface area contributed by atoms with E-state index in [1.165, 1.54) is 0 Å². The van der Waals surface area contributed by atoms with Gasteiger partial charge in [0.2, 0.25) is 0 Å². The molecule has 0 N–H and O–H groups in total. The van der Waals surface area contributed by atoms with E-state index in [2.05, 4.69) is 0 Å². The van der Waals surface area contributed by atoms with Gasteiger partial charge < -0.3 is 18.9 Å². The standard InChI is InChI=1S/C28H38O6/c1-17-10-12-21(23(14-17)31-8)26(22-13-11-18(2)15-24(22)32-9)20(4)33-27(30)19(3)16-25(29)34-28(5,6)7/h10-15,19-20,26H,16H2,1-9H3/t19-,20+/m1/s1. The summed E-state index contributed by atoms with van der Waals surface area (Å²) in [5.74, 6) is -0.460. The van der Waals surface area contributed by atoms with Crippen LogP contribution in [0.25, 0.3) is 0 Å². The predicted octanol–water partition coefficient (Wildman–Crippen LogP) is 5.75. The van der Waals surface area contributed by atoms with Crippen LogP contribution in [0.3, 0.4) is 0 Å². The van der Waals surface area contributed by atoms with Gasteiger partial charge in [-0.3, -0.25) is 9.59 Å². The van der Waals surface area contributed by atoms with Crippen molar-refractivity contribution in [1.29, 1.82) is 0 Å². The van der Waals surface area contributed by atoms with Crippen LogP contribution in [0.15, 0.2) is 36.4 Å². The first-order valence-electron chi connectivity index (χ1n) is 11.6. The van der Waals surface area contributed by atoms with Crippen LogP contribution in [0.4, 0.5) is 0 Å². The third kappa shape index (κ3) is 7.24. The molecule has 0 amide bonds. The molecule has 0 aliphatic carbocycles. The quantitative estimate of drug-likeness (QED) is 0.435. The largest absolute Gasteiger partial charge is 0.496 e. The number of carbonyl (C=O) groups is 2. The predicted molar refractivity (Wildman–Crippen MR) is 132 cm³/mol. The monoisotopic (exact) mass is 470 g/mol. The zero-order chi connectivity index (χ0) is 25.6. The van der Waals surface area contributed by atoms with E-state index in [-0.39, 0.29) is 12.3 Å². The number of ether oxygens (including phenoxy) is 4. The first kappa shape index (κ1) is 27.2. The van der Waals surface area contributed by atoms with Gasteiger partial charge >= 0.3 is 11.9 Å². The van der Waals surface area contributed by atoms with E-state index in [1.54, 1.807) is 41.9 Å². The minimum absolute atomic E-state index is 0.0464. The van der Waals surface area contributed by atoms with Crippen molar-refractivity contribution in [2.45, 2.75) is 72.5 Å². The highest BCUT2D eigenvalue weighted by atomic mass is 16.6. The summed E-state index contributed by atoms with van der Waals surface area (Å²) in [4.78, 5) is 25.2. The van der Waals surface area contributed by atoms with E-state index < -0.39 is 29.6 Å². The minimum atomic E-state index is -0.641. The minimum Gasteiger partial charge on any atom is -0.496 e. The van der Waals surface area contributed by atoms with Crippen molar-refractivity contribution in [3.63, 3.8) is 0 Å². The number of methoxy groups -OCH3 is 2. The second kappa shape index (κ2) is 11.4. The number of esters is 2. The Balaban J connectivity index is 2.38. The van der Waals surface area contributed by atoms with Crippen LogP contribution >= 0.6 is 0 Å². The molecule has 0 saturated carbocycles. The lowest BCUT2D eigenvalue weighted by Gasteiger charge is -2.29. The van der Waals surface area contributed by atoms with E-state index in [0.29, 0.717) is 11.5 Å². The third-order valence-electron chi connectivity index (χ3n) is 5.51. The van der Waals surface area contributed by atoms with Crippen molar-refractivity contribution >= 4 is 11.9 Å². The molecule has 0 aliphatic rings. The molecule has 34 heavy (non-hydrogen) atoms. The summed E-state index contributed by atoms with van der Waals surface area (Å²) < 4.78 is 22.6. The van der Waals surface area contributed by atoms with Crippen molar-refractivity contribution in [3.05, 3.63) is 58.7 Å². The maximum atomic E-state index is 12.9. The molecule has 2 aromatic carbocycles. The SMILES string of the molecule is COc1cc(C)ccc1C(c1ccc(C)cc1OC)[C@H](C)OC(=O)[C@H](C)CC(=O)OC(C)(C)C. The fourth-order valence-corrected chi connectivity index (χ4v) is 3.91. The Hall–Kier alpha value is -3.02. The lowest BCUT2D eigenvalue weighted by molar-refractivity contribution is -0.163. The molecule has 186 valence electrons. The first-order chi connectivity index (χ1) is 15.9. The Morgan fingerprint density at radius 1 is 0.853 bits per heavy atom. The zero-order valence-corrected chi connectivity index (χ0v) is 21.9. The number of hydrogen-bond acceptors (Lipinski definition) is 6. The topological polar surface area (TPSA) is 71.1 Å². The van der Waals surface area contributed by atoms with E-state index in [9.17, 15) is 9.59 Å². The van der Waals surface area contributed by atoms with Gasteiger partial charge in [-0.05, 0) is 64.8 Å². The molecule has 0 spiro atoms. The first-order valence-corrected chi connectivity index (χ1v) is 11.6. The molecule has 0 heterocycles. The molecule has 0 fully saturated rings. The van der Waals surface area contributed by atoms with Gasteiger partial charge in [0.05, 0.1) is 32.5 Å². The Labute approximate surface area is 203 Å². The van der Waals surface area contributed by atoms with Crippen molar-refractivity contribution < 1.29 is 28.5 Å². The molecule has 0 aromatic heterocycles. The fraction of sp³-hybridized carbons (Fsp3) is 0.500. The molecule has 6 nitrogen and oxygen atoms in total. The van der Waals surface area contributed by atoms with Gasteiger partial charge in [-0.1, -0.05) is 31.2 Å². The summed E-state index contributed by atoms with van der Waals surface area (Å²) in [5.41, 5.74) is 3.28. The maximum absolute atomic E-state index is 12.9. The number of rotatable bonds is 9. The summed E-state index contributed by atoms with van der Waals surface area (Å²) in [7, 11) is 3.25. The summed E-state index contributed by atoms with van der Waals surface area (Å²) >= 11 is 0. The molecule has 0 unspecified atom stereocenters.